The third-order valence-electron chi connectivity index (χ3n) is 0. The zero-order valence-corrected chi connectivity index (χ0v) is 22.6. The second-order valence-electron chi connectivity index (χ2n) is 0.866. The summed E-state index contributed by atoms with van der Waals surface area (Å²) in [5.41, 5.74) is 0. The monoisotopic (exact) mass is 618 g/mol. The van der Waals surface area contributed by atoms with Crippen molar-refractivity contribution in [3.05, 3.63) is 0 Å². The molecule has 72 valence electrons. The van der Waals surface area contributed by atoms with Crippen LogP contribution in [0.3, 0.4) is 0 Å². The van der Waals surface area contributed by atoms with Crippen LogP contribution in [-0.4, -0.2) is 186 Å². The van der Waals surface area contributed by atoms with Crippen LogP contribution in [0.4, 0.5) is 0 Å². The molecule has 16 heteroatoms. The topological polar surface area (TPSA) is 208 Å². The molecule has 0 radical (unpaired) electrons. The normalized spacial score (nSPS) is 5.06. The van der Waals surface area contributed by atoms with Crippen LogP contribution in [0.5, 0.6) is 0 Å². The van der Waals surface area contributed by atoms with Crippen LogP contribution >= 0.6 is 0 Å². The molecule has 0 aliphatic rings. The van der Waals surface area contributed by atoms with E-state index in [-0.39, 0.29) is 164 Å². The summed E-state index contributed by atoms with van der Waals surface area (Å²) >= 11 is 0. The molecular formula is AlB3Ba3O9. The van der Waals surface area contributed by atoms with Gasteiger partial charge >= 0.3 is 164 Å². The molecule has 0 N–H and O–H groups in total. The van der Waals surface area contributed by atoms with Crippen LogP contribution in [0.1, 0.15) is 0 Å². The average molecular weight is 615 g/mol. The Kier molecular flexibility index (Phi) is 98.8. The third-order valence-corrected chi connectivity index (χ3v) is 0. The molecule has 0 atom stereocenters. The summed E-state index contributed by atoms with van der Waals surface area (Å²) in [4.78, 5) is 0. The SMILES string of the molecule is [Al+3].[Ba+2].[Ba+2].[Ba+2].[O-]B([O-])[O-].[O-]B([O-])[O-].[O-]B([O-])[O-]. The van der Waals surface area contributed by atoms with E-state index in [1.165, 1.54) is 0 Å². The maximum Gasteiger partial charge on any atom is 3.00 e. The molecule has 0 aliphatic heterocycles. The maximum atomic E-state index is 8.42. The second-order valence-corrected chi connectivity index (χ2v) is 0.866. The third kappa shape index (κ3) is 242. The number of rotatable bonds is 0. The van der Waals surface area contributed by atoms with E-state index in [0.717, 1.165) is 0 Å². The molecule has 0 saturated heterocycles. The minimum Gasteiger partial charge on any atom is -0.907 e. The molecule has 9 nitrogen and oxygen atoms in total. The first kappa shape index (κ1) is 42.9. The first-order chi connectivity index (χ1) is 5.20. The van der Waals surface area contributed by atoms with Crippen LogP contribution in [-0.2, 0) is 0 Å². The maximum absolute atomic E-state index is 8.42. The average Bonchev–Trinajstić information content (AvgIpc) is 1.54. The Hall–Kier alpha value is 5.08. The molecule has 0 fully saturated rings. The van der Waals surface area contributed by atoms with E-state index in [0.29, 0.717) is 0 Å². The van der Waals surface area contributed by atoms with Crippen molar-refractivity contribution in [2.75, 3.05) is 0 Å². The largest absolute Gasteiger partial charge is 3.00 e. The van der Waals surface area contributed by atoms with Crippen molar-refractivity contribution in [1.82, 2.24) is 0 Å². The summed E-state index contributed by atoms with van der Waals surface area (Å²) in [7, 11) is -8.75. The molecule has 0 amide bonds. The molecule has 0 aromatic rings. The van der Waals surface area contributed by atoms with Gasteiger partial charge in [-0.25, -0.2) is 0 Å². The van der Waals surface area contributed by atoms with E-state index in [2.05, 4.69) is 0 Å². The minimum absolute atomic E-state index is 0. The Morgan fingerprint density at radius 3 is 0.375 bits per heavy atom. The standard InChI is InChI=1S/Al.3BO3.3Ba/c;3*2-1(3)4;;;/q+3;3*-3;3*+2. The van der Waals surface area contributed by atoms with E-state index in [1.54, 1.807) is 0 Å². The van der Waals surface area contributed by atoms with Gasteiger partial charge < -0.3 is 45.2 Å². The van der Waals surface area contributed by atoms with Crippen molar-refractivity contribution in [2.45, 2.75) is 0 Å². The predicted molar refractivity (Wildman–Crippen MR) is 40.3 cm³/mol. The summed E-state index contributed by atoms with van der Waals surface area (Å²) < 4.78 is 0. The van der Waals surface area contributed by atoms with Gasteiger partial charge in [0.2, 0.25) is 0 Å². The van der Waals surface area contributed by atoms with Gasteiger partial charge in [0.25, 0.3) is 0 Å². The number of hydrogen-bond donors (Lipinski definition) is 0. The van der Waals surface area contributed by atoms with Crippen molar-refractivity contribution < 1.29 is 45.2 Å². The molecule has 0 rings (SSSR count). The van der Waals surface area contributed by atoms with Crippen LogP contribution < -0.4 is 45.2 Å². The van der Waals surface area contributed by atoms with Crippen LogP contribution in [0.25, 0.3) is 0 Å². The van der Waals surface area contributed by atoms with Gasteiger partial charge in [-0.3, -0.25) is 22.0 Å². The molecule has 0 spiro atoms. The van der Waals surface area contributed by atoms with Crippen LogP contribution in [0.15, 0.2) is 0 Å². The number of hydrogen-bond acceptors (Lipinski definition) is 9. The van der Waals surface area contributed by atoms with E-state index >= 15 is 0 Å². The smallest absolute Gasteiger partial charge is 0.907 e. The van der Waals surface area contributed by atoms with Crippen molar-refractivity contribution in [3.8, 4) is 0 Å². The van der Waals surface area contributed by atoms with Gasteiger partial charge in [0.05, 0.1) is 0 Å². The zero-order valence-electron chi connectivity index (χ0n) is 8.10. The van der Waals surface area contributed by atoms with Crippen molar-refractivity contribution in [2.24, 2.45) is 0 Å². The van der Waals surface area contributed by atoms with Crippen molar-refractivity contribution in [1.29, 1.82) is 0 Å². The van der Waals surface area contributed by atoms with E-state index in [4.69, 9.17) is 45.2 Å². The molecule has 0 bridgehead atoms. The van der Waals surface area contributed by atoms with Gasteiger partial charge in [0.1, 0.15) is 0 Å². The Balaban J connectivity index is -0.0000000135. The summed E-state index contributed by atoms with van der Waals surface area (Å²) in [6, 6.07) is 0. The van der Waals surface area contributed by atoms with Gasteiger partial charge in [-0.2, -0.15) is 0 Å². The Bertz CT molecular complexity index is 54.5. The van der Waals surface area contributed by atoms with E-state index in [1.807, 2.05) is 0 Å². The van der Waals surface area contributed by atoms with Crippen molar-refractivity contribution in [3.63, 3.8) is 0 Å². The van der Waals surface area contributed by atoms with Gasteiger partial charge in [0, 0.05) is 0 Å². The van der Waals surface area contributed by atoms with Gasteiger partial charge in [0.15, 0.2) is 0 Å². The van der Waals surface area contributed by atoms with Gasteiger partial charge in [-0.15, -0.1) is 0 Å². The van der Waals surface area contributed by atoms with E-state index < -0.39 is 22.0 Å². The van der Waals surface area contributed by atoms with Crippen molar-refractivity contribution >= 4 is 186 Å². The molecule has 0 heterocycles. The molecule has 0 aliphatic carbocycles. The quantitative estimate of drug-likeness (QED) is 0.237. The molecule has 0 unspecified atom stereocenters. The van der Waals surface area contributed by atoms with Crippen LogP contribution in [0.2, 0.25) is 0 Å². The molecular weight excluding hydrogens is 615 g/mol. The summed E-state index contributed by atoms with van der Waals surface area (Å²) in [5.74, 6) is 0. The first-order valence-electron chi connectivity index (χ1n) is 2.12. The Morgan fingerprint density at radius 2 is 0.375 bits per heavy atom. The fourth-order valence-electron chi connectivity index (χ4n) is 0. The predicted octanol–water partition coefficient (Wildman–Crippen LogP) is -13.4. The molecule has 16 heavy (non-hydrogen) atoms. The molecule has 0 aromatic heterocycles. The summed E-state index contributed by atoms with van der Waals surface area (Å²) in [5, 5.41) is 75.8. The Labute approximate surface area is 225 Å². The minimum atomic E-state index is -2.92. The zero-order chi connectivity index (χ0) is 10.7. The first-order valence-corrected chi connectivity index (χ1v) is 2.12. The molecule has 0 saturated carbocycles. The summed E-state index contributed by atoms with van der Waals surface area (Å²) in [6.45, 7) is 0. The summed E-state index contributed by atoms with van der Waals surface area (Å²) in [6.07, 6.45) is 0. The fraction of sp³-hybridized carbons (Fsp3) is 0. The van der Waals surface area contributed by atoms with Gasteiger partial charge in [-0.05, 0) is 0 Å². The van der Waals surface area contributed by atoms with E-state index in [9.17, 15) is 0 Å². The Morgan fingerprint density at radius 1 is 0.375 bits per heavy atom. The van der Waals surface area contributed by atoms with Crippen LogP contribution in [0, 0.1) is 0 Å². The second kappa shape index (κ2) is 36.9. The fourth-order valence-corrected chi connectivity index (χ4v) is 0. The molecule has 0 aromatic carbocycles. The van der Waals surface area contributed by atoms with Gasteiger partial charge in [-0.1, -0.05) is 0 Å².